The van der Waals surface area contributed by atoms with E-state index in [1.165, 1.54) is 37.9 Å². The van der Waals surface area contributed by atoms with Gasteiger partial charge in [-0.3, -0.25) is 0 Å². The van der Waals surface area contributed by atoms with Gasteiger partial charge in [0, 0.05) is 6.54 Å². The van der Waals surface area contributed by atoms with Crippen LogP contribution in [0.4, 0.5) is 0 Å². The summed E-state index contributed by atoms with van der Waals surface area (Å²) in [4.78, 5) is 0. The summed E-state index contributed by atoms with van der Waals surface area (Å²) < 4.78 is 0. The van der Waals surface area contributed by atoms with Crippen LogP contribution in [0.3, 0.4) is 0 Å². The summed E-state index contributed by atoms with van der Waals surface area (Å²) in [5.74, 6) is 0. The van der Waals surface area contributed by atoms with E-state index in [0.29, 0.717) is 5.41 Å². The zero-order valence-corrected chi connectivity index (χ0v) is 8.92. The summed E-state index contributed by atoms with van der Waals surface area (Å²) in [6, 6.07) is 10.8. The van der Waals surface area contributed by atoms with E-state index in [-0.39, 0.29) is 0 Å². The molecular weight excluding hydrogens is 170 g/mol. The first-order valence-electron chi connectivity index (χ1n) is 5.53. The van der Waals surface area contributed by atoms with Gasteiger partial charge < -0.3 is 5.32 Å². The lowest BCUT2D eigenvalue weighted by molar-refractivity contribution is 0.335. The Bertz CT molecular complexity index is 273. The molecule has 1 aromatic rings. The molecule has 0 saturated carbocycles. The van der Waals surface area contributed by atoms with Crippen molar-refractivity contribution in [2.75, 3.05) is 13.1 Å². The van der Waals surface area contributed by atoms with Crippen LogP contribution in [0.5, 0.6) is 0 Å². The zero-order chi connectivity index (χ0) is 9.86. The summed E-state index contributed by atoms with van der Waals surface area (Å²) in [6.07, 6.45) is 3.86. The highest BCUT2D eigenvalue weighted by atomic mass is 14.9. The van der Waals surface area contributed by atoms with Crippen LogP contribution in [0.1, 0.15) is 25.3 Å². The normalized spacial score (nSPS) is 26.6. The highest BCUT2D eigenvalue weighted by Crippen LogP contribution is 2.29. The Balaban J connectivity index is 1.88. The molecule has 14 heavy (non-hydrogen) atoms. The van der Waals surface area contributed by atoms with Crippen molar-refractivity contribution < 1.29 is 0 Å². The molecule has 1 heteroatoms. The lowest BCUT2D eigenvalue weighted by Crippen LogP contribution is -2.20. The molecule has 0 spiro atoms. The lowest BCUT2D eigenvalue weighted by Gasteiger charge is -2.22. The first kappa shape index (κ1) is 9.72. The molecule has 1 aliphatic heterocycles. The van der Waals surface area contributed by atoms with E-state index in [9.17, 15) is 0 Å². The Hall–Kier alpha value is -0.820. The van der Waals surface area contributed by atoms with Gasteiger partial charge in [0.15, 0.2) is 0 Å². The SMILES string of the molecule is CC1(CCc2ccccc2)CCNC1. The fourth-order valence-electron chi connectivity index (χ4n) is 2.17. The lowest BCUT2D eigenvalue weighted by atomic mass is 9.83. The first-order valence-corrected chi connectivity index (χ1v) is 5.53. The van der Waals surface area contributed by atoms with Crippen molar-refractivity contribution in [1.82, 2.24) is 5.32 Å². The third kappa shape index (κ3) is 2.36. The quantitative estimate of drug-likeness (QED) is 0.770. The number of hydrogen-bond donors (Lipinski definition) is 1. The van der Waals surface area contributed by atoms with Crippen LogP contribution in [0.15, 0.2) is 30.3 Å². The predicted molar refractivity (Wildman–Crippen MR) is 60.4 cm³/mol. The number of aryl methyl sites for hydroxylation is 1. The van der Waals surface area contributed by atoms with Gasteiger partial charge in [-0.05, 0) is 36.8 Å². The molecule has 1 aromatic carbocycles. The van der Waals surface area contributed by atoms with Crippen LogP contribution in [0.25, 0.3) is 0 Å². The minimum atomic E-state index is 0.538. The van der Waals surface area contributed by atoms with Gasteiger partial charge in [0.25, 0.3) is 0 Å². The molecule has 1 heterocycles. The summed E-state index contributed by atoms with van der Waals surface area (Å²) in [7, 11) is 0. The first-order chi connectivity index (χ1) is 6.79. The third-order valence-electron chi connectivity index (χ3n) is 3.32. The average Bonchev–Trinajstić information content (AvgIpc) is 2.65. The van der Waals surface area contributed by atoms with Gasteiger partial charge in [-0.25, -0.2) is 0 Å². The molecule has 0 aromatic heterocycles. The van der Waals surface area contributed by atoms with E-state index in [1.54, 1.807) is 0 Å². The zero-order valence-electron chi connectivity index (χ0n) is 8.92. The fraction of sp³-hybridized carbons (Fsp3) is 0.538. The van der Waals surface area contributed by atoms with Gasteiger partial charge in [-0.15, -0.1) is 0 Å². The van der Waals surface area contributed by atoms with Crippen molar-refractivity contribution in [3.63, 3.8) is 0 Å². The van der Waals surface area contributed by atoms with Crippen LogP contribution in [0.2, 0.25) is 0 Å². The summed E-state index contributed by atoms with van der Waals surface area (Å²) in [6.45, 7) is 4.79. The molecule has 0 aliphatic carbocycles. The van der Waals surface area contributed by atoms with Gasteiger partial charge in [0.2, 0.25) is 0 Å². The van der Waals surface area contributed by atoms with Gasteiger partial charge in [0.05, 0.1) is 0 Å². The second-order valence-corrected chi connectivity index (χ2v) is 4.72. The predicted octanol–water partition coefficient (Wildman–Crippen LogP) is 2.62. The smallest absolute Gasteiger partial charge is 0.000575 e. The molecule has 1 atom stereocenters. The average molecular weight is 189 g/mol. The summed E-state index contributed by atoms with van der Waals surface area (Å²) in [5.41, 5.74) is 2.01. The number of hydrogen-bond acceptors (Lipinski definition) is 1. The Morgan fingerprint density at radius 2 is 2.07 bits per heavy atom. The third-order valence-corrected chi connectivity index (χ3v) is 3.32. The van der Waals surface area contributed by atoms with Crippen molar-refractivity contribution in [2.24, 2.45) is 5.41 Å². The Labute approximate surface area is 86.5 Å². The van der Waals surface area contributed by atoms with Crippen molar-refractivity contribution >= 4 is 0 Å². The maximum absolute atomic E-state index is 3.45. The van der Waals surface area contributed by atoms with E-state index in [2.05, 4.69) is 42.6 Å². The molecule has 0 bridgehead atoms. The molecule has 1 fully saturated rings. The van der Waals surface area contributed by atoms with Crippen LogP contribution in [-0.2, 0) is 6.42 Å². The van der Waals surface area contributed by atoms with Crippen molar-refractivity contribution in [3.8, 4) is 0 Å². The Kier molecular flexibility index (Phi) is 2.87. The molecule has 0 radical (unpaired) electrons. The van der Waals surface area contributed by atoms with Crippen LogP contribution in [0, 0.1) is 5.41 Å². The van der Waals surface area contributed by atoms with E-state index in [1.807, 2.05) is 0 Å². The largest absolute Gasteiger partial charge is 0.316 e. The minimum absolute atomic E-state index is 0.538. The van der Waals surface area contributed by atoms with Gasteiger partial charge in [0.1, 0.15) is 0 Å². The summed E-state index contributed by atoms with van der Waals surface area (Å²) >= 11 is 0. The standard InChI is InChI=1S/C13H19N/c1-13(9-10-14-11-13)8-7-12-5-3-2-4-6-12/h2-6,14H,7-11H2,1H3. The van der Waals surface area contributed by atoms with Crippen LogP contribution >= 0.6 is 0 Å². The van der Waals surface area contributed by atoms with E-state index >= 15 is 0 Å². The van der Waals surface area contributed by atoms with Crippen molar-refractivity contribution in [2.45, 2.75) is 26.2 Å². The van der Waals surface area contributed by atoms with Gasteiger partial charge in [-0.1, -0.05) is 37.3 Å². The van der Waals surface area contributed by atoms with Crippen molar-refractivity contribution in [3.05, 3.63) is 35.9 Å². The second kappa shape index (κ2) is 4.14. The Morgan fingerprint density at radius 1 is 1.29 bits per heavy atom. The molecule has 1 aliphatic rings. The number of nitrogens with one attached hydrogen (secondary N) is 1. The number of benzene rings is 1. The van der Waals surface area contributed by atoms with Gasteiger partial charge >= 0.3 is 0 Å². The van der Waals surface area contributed by atoms with Crippen molar-refractivity contribution in [1.29, 1.82) is 0 Å². The topological polar surface area (TPSA) is 12.0 Å². The van der Waals surface area contributed by atoms with Crippen LogP contribution in [-0.4, -0.2) is 13.1 Å². The fourth-order valence-corrected chi connectivity index (χ4v) is 2.17. The molecule has 1 saturated heterocycles. The van der Waals surface area contributed by atoms with E-state index in [0.717, 1.165) is 0 Å². The molecule has 1 N–H and O–H groups in total. The van der Waals surface area contributed by atoms with Gasteiger partial charge in [-0.2, -0.15) is 0 Å². The highest BCUT2D eigenvalue weighted by Gasteiger charge is 2.27. The molecule has 1 unspecified atom stereocenters. The summed E-state index contributed by atoms with van der Waals surface area (Å²) in [5, 5.41) is 3.45. The molecule has 1 nitrogen and oxygen atoms in total. The Morgan fingerprint density at radius 3 is 2.71 bits per heavy atom. The molecular formula is C13H19N. The van der Waals surface area contributed by atoms with E-state index in [4.69, 9.17) is 0 Å². The highest BCUT2D eigenvalue weighted by molar-refractivity contribution is 5.15. The number of rotatable bonds is 3. The molecule has 0 amide bonds. The maximum atomic E-state index is 3.45. The maximum Gasteiger partial charge on any atom is 0.000575 e. The monoisotopic (exact) mass is 189 g/mol. The minimum Gasteiger partial charge on any atom is -0.316 e. The van der Waals surface area contributed by atoms with Crippen LogP contribution < -0.4 is 5.32 Å². The second-order valence-electron chi connectivity index (χ2n) is 4.72. The molecule has 76 valence electrons. The van der Waals surface area contributed by atoms with E-state index < -0.39 is 0 Å². The molecule has 2 rings (SSSR count).